The van der Waals surface area contributed by atoms with E-state index in [2.05, 4.69) is 15.2 Å². The summed E-state index contributed by atoms with van der Waals surface area (Å²) in [5.41, 5.74) is 2.41. The Morgan fingerprint density at radius 1 is 1.54 bits per heavy atom. The van der Waals surface area contributed by atoms with Gasteiger partial charge in [-0.2, -0.15) is 5.10 Å². The molecule has 0 spiro atoms. The standard InChI is InChI=1S/C8H13N3O2/c1-5-7(9-8(12)13-4)6(2)11(3)10-5/h1-4H3,(H,9,12). The van der Waals surface area contributed by atoms with Crippen LogP contribution < -0.4 is 5.32 Å². The zero-order valence-corrected chi connectivity index (χ0v) is 8.21. The molecule has 1 rings (SSSR count). The maximum absolute atomic E-state index is 10.9. The second-order valence-corrected chi connectivity index (χ2v) is 2.79. The summed E-state index contributed by atoms with van der Waals surface area (Å²) in [5, 5.41) is 6.75. The molecule has 0 aliphatic carbocycles. The van der Waals surface area contributed by atoms with Gasteiger partial charge in [-0.15, -0.1) is 0 Å². The Morgan fingerprint density at radius 2 is 2.15 bits per heavy atom. The van der Waals surface area contributed by atoms with Crippen LogP contribution in [-0.4, -0.2) is 23.0 Å². The lowest BCUT2D eigenvalue weighted by atomic mass is 10.3. The molecule has 5 heteroatoms. The molecule has 5 nitrogen and oxygen atoms in total. The molecular formula is C8H13N3O2. The molecule has 0 radical (unpaired) electrons. The number of hydrogen-bond acceptors (Lipinski definition) is 3. The molecule has 0 unspecified atom stereocenters. The van der Waals surface area contributed by atoms with Gasteiger partial charge in [-0.25, -0.2) is 4.79 Å². The molecule has 0 fully saturated rings. The predicted molar refractivity (Wildman–Crippen MR) is 48.7 cm³/mol. The highest BCUT2D eigenvalue weighted by Gasteiger charge is 2.11. The molecule has 1 aromatic heterocycles. The van der Waals surface area contributed by atoms with E-state index in [1.165, 1.54) is 7.11 Å². The number of nitrogens with zero attached hydrogens (tertiary/aromatic N) is 2. The van der Waals surface area contributed by atoms with Crippen LogP contribution in [0.25, 0.3) is 0 Å². The summed E-state index contributed by atoms with van der Waals surface area (Å²) in [5.74, 6) is 0. The number of methoxy groups -OCH3 is 1. The zero-order chi connectivity index (χ0) is 10.0. The van der Waals surface area contributed by atoms with Crippen LogP contribution in [0.5, 0.6) is 0 Å². The lowest BCUT2D eigenvalue weighted by molar-refractivity contribution is 0.187. The van der Waals surface area contributed by atoms with Gasteiger partial charge in [0.2, 0.25) is 0 Å². The topological polar surface area (TPSA) is 56.1 Å². The molecule has 0 aliphatic rings. The van der Waals surface area contributed by atoms with E-state index in [-0.39, 0.29) is 0 Å². The predicted octanol–water partition coefficient (Wildman–Crippen LogP) is 1.22. The van der Waals surface area contributed by atoms with E-state index in [0.29, 0.717) is 5.69 Å². The van der Waals surface area contributed by atoms with Gasteiger partial charge < -0.3 is 4.74 Å². The van der Waals surface area contributed by atoms with Crippen LogP contribution in [0, 0.1) is 13.8 Å². The van der Waals surface area contributed by atoms with Gasteiger partial charge in [-0.1, -0.05) is 0 Å². The van der Waals surface area contributed by atoms with Crippen LogP contribution in [0.1, 0.15) is 11.4 Å². The van der Waals surface area contributed by atoms with Gasteiger partial charge in [0.15, 0.2) is 0 Å². The number of rotatable bonds is 1. The van der Waals surface area contributed by atoms with Crippen molar-refractivity contribution >= 4 is 11.8 Å². The molecule has 1 N–H and O–H groups in total. The van der Waals surface area contributed by atoms with Gasteiger partial charge >= 0.3 is 6.09 Å². The smallest absolute Gasteiger partial charge is 0.411 e. The molecule has 0 atom stereocenters. The third kappa shape index (κ3) is 1.80. The van der Waals surface area contributed by atoms with Gasteiger partial charge in [-0.3, -0.25) is 10.00 Å². The number of carbonyl (C=O) groups excluding carboxylic acids is 1. The van der Waals surface area contributed by atoms with Crippen LogP contribution in [0.3, 0.4) is 0 Å². The van der Waals surface area contributed by atoms with Crippen molar-refractivity contribution in [2.45, 2.75) is 13.8 Å². The van der Waals surface area contributed by atoms with Crippen molar-refractivity contribution in [1.29, 1.82) is 0 Å². The first-order chi connectivity index (χ1) is 6.06. The van der Waals surface area contributed by atoms with Crippen molar-refractivity contribution in [2.75, 3.05) is 12.4 Å². The summed E-state index contributed by atoms with van der Waals surface area (Å²) in [6.07, 6.45) is -0.473. The number of anilines is 1. The minimum Gasteiger partial charge on any atom is -0.453 e. The van der Waals surface area contributed by atoms with Gasteiger partial charge in [0.1, 0.15) is 0 Å². The van der Waals surface area contributed by atoms with Gasteiger partial charge in [-0.05, 0) is 13.8 Å². The molecule has 13 heavy (non-hydrogen) atoms. The molecule has 0 aromatic carbocycles. The van der Waals surface area contributed by atoms with Gasteiger partial charge in [0.25, 0.3) is 0 Å². The number of nitrogens with one attached hydrogen (secondary N) is 1. The molecule has 0 bridgehead atoms. The second kappa shape index (κ2) is 3.47. The highest BCUT2D eigenvalue weighted by molar-refractivity contribution is 5.86. The minimum absolute atomic E-state index is 0.473. The Morgan fingerprint density at radius 3 is 2.54 bits per heavy atom. The lowest BCUT2D eigenvalue weighted by Gasteiger charge is -2.02. The summed E-state index contributed by atoms with van der Waals surface area (Å²) >= 11 is 0. The van der Waals surface area contributed by atoms with E-state index in [0.717, 1.165) is 11.4 Å². The Hall–Kier alpha value is -1.52. The number of amides is 1. The minimum atomic E-state index is -0.473. The molecule has 1 aromatic rings. The number of hydrogen-bond donors (Lipinski definition) is 1. The van der Waals surface area contributed by atoms with Crippen molar-refractivity contribution in [3.05, 3.63) is 11.4 Å². The number of aromatic nitrogens is 2. The molecule has 0 aliphatic heterocycles. The molecule has 1 amide bonds. The average Bonchev–Trinajstić information content (AvgIpc) is 2.32. The van der Waals surface area contributed by atoms with Crippen molar-refractivity contribution in [1.82, 2.24) is 9.78 Å². The van der Waals surface area contributed by atoms with Crippen molar-refractivity contribution in [3.8, 4) is 0 Å². The Balaban J connectivity index is 2.94. The van der Waals surface area contributed by atoms with E-state index in [1.54, 1.807) is 4.68 Å². The van der Waals surface area contributed by atoms with Crippen molar-refractivity contribution < 1.29 is 9.53 Å². The second-order valence-electron chi connectivity index (χ2n) is 2.79. The van der Waals surface area contributed by atoms with E-state index in [9.17, 15) is 4.79 Å². The highest BCUT2D eigenvalue weighted by atomic mass is 16.5. The van der Waals surface area contributed by atoms with Crippen LogP contribution in [0.2, 0.25) is 0 Å². The van der Waals surface area contributed by atoms with Crippen LogP contribution >= 0.6 is 0 Å². The molecule has 0 saturated heterocycles. The summed E-state index contributed by atoms with van der Waals surface area (Å²) < 4.78 is 6.20. The third-order valence-electron chi connectivity index (χ3n) is 1.92. The Labute approximate surface area is 76.7 Å². The van der Waals surface area contributed by atoms with E-state index < -0.39 is 6.09 Å². The van der Waals surface area contributed by atoms with Crippen molar-refractivity contribution in [2.24, 2.45) is 7.05 Å². The summed E-state index contributed by atoms with van der Waals surface area (Å²) in [4.78, 5) is 10.9. The molecular weight excluding hydrogens is 170 g/mol. The van der Waals surface area contributed by atoms with Crippen LogP contribution in [-0.2, 0) is 11.8 Å². The Kier molecular flexibility index (Phi) is 2.55. The maximum Gasteiger partial charge on any atom is 0.411 e. The normalized spacial score (nSPS) is 9.85. The largest absolute Gasteiger partial charge is 0.453 e. The summed E-state index contributed by atoms with van der Waals surface area (Å²) in [6, 6.07) is 0. The van der Waals surface area contributed by atoms with E-state index >= 15 is 0 Å². The number of aryl methyl sites for hydroxylation is 2. The van der Waals surface area contributed by atoms with E-state index in [1.807, 2.05) is 20.9 Å². The fourth-order valence-corrected chi connectivity index (χ4v) is 1.11. The maximum atomic E-state index is 10.9. The molecule has 1 heterocycles. The van der Waals surface area contributed by atoms with Gasteiger partial charge in [0, 0.05) is 7.05 Å². The monoisotopic (exact) mass is 183 g/mol. The third-order valence-corrected chi connectivity index (χ3v) is 1.92. The summed E-state index contributed by atoms with van der Waals surface area (Å²) in [6.45, 7) is 3.71. The molecule has 0 saturated carbocycles. The number of ether oxygens (including phenoxy) is 1. The quantitative estimate of drug-likeness (QED) is 0.712. The fraction of sp³-hybridized carbons (Fsp3) is 0.500. The Bertz CT molecular complexity index is 330. The first kappa shape index (κ1) is 9.57. The molecule has 72 valence electrons. The summed E-state index contributed by atoms with van der Waals surface area (Å²) in [7, 11) is 3.15. The first-order valence-corrected chi connectivity index (χ1v) is 3.91. The van der Waals surface area contributed by atoms with Crippen LogP contribution in [0.4, 0.5) is 10.5 Å². The highest BCUT2D eigenvalue weighted by Crippen LogP contribution is 2.17. The van der Waals surface area contributed by atoms with Crippen LogP contribution in [0.15, 0.2) is 0 Å². The van der Waals surface area contributed by atoms with Crippen molar-refractivity contribution in [3.63, 3.8) is 0 Å². The fourth-order valence-electron chi connectivity index (χ4n) is 1.11. The average molecular weight is 183 g/mol. The lowest BCUT2D eigenvalue weighted by Crippen LogP contribution is -2.12. The van der Waals surface area contributed by atoms with E-state index in [4.69, 9.17) is 0 Å². The SMILES string of the molecule is COC(=O)Nc1c(C)nn(C)c1C. The van der Waals surface area contributed by atoms with Gasteiger partial charge in [0.05, 0.1) is 24.2 Å². The number of carbonyl (C=O) groups is 1. The zero-order valence-electron chi connectivity index (χ0n) is 8.21. The first-order valence-electron chi connectivity index (χ1n) is 3.91.